The fourth-order valence-corrected chi connectivity index (χ4v) is 2.40. The molecule has 0 fully saturated rings. The molecule has 0 aromatic heterocycles. The second-order valence-corrected chi connectivity index (χ2v) is 6.84. The molecule has 0 bridgehead atoms. The third-order valence-corrected chi connectivity index (χ3v) is 3.65. The molecular formula is C18H31NO. The molecular weight excluding hydrogens is 246 g/mol. The van der Waals surface area contributed by atoms with E-state index in [1.807, 2.05) is 0 Å². The highest BCUT2D eigenvalue weighted by Gasteiger charge is 2.17. The highest BCUT2D eigenvalue weighted by atomic mass is 16.5. The van der Waals surface area contributed by atoms with Gasteiger partial charge in [0.15, 0.2) is 0 Å². The molecule has 0 aliphatic rings. The molecule has 2 heteroatoms. The molecule has 0 heterocycles. The van der Waals surface area contributed by atoms with Crippen LogP contribution in [0.3, 0.4) is 0 Å². The summed E-state index contributed by atoms with van der Waals surface area (Å²) in [6.45, 7) is 12.3. The summed E-state index contributed by atoms with van der Waals surface area (Å²) in [6, 6.07) is 6.98. The minimum atomic E-state index is 0.383. The lowest BCUT2D eigenvalue weighted by Crippen LogP contribution is -2.23. The van der Waals surface area contributed by atoms with E-state index in [1.54, 1.807) is 7.11 Å². The second kappa shape index (κ2) is 7.68. The van der Waals surface area contributed by atoms with E-state index in [4.69, 9.17) is 4.74 Å². The summed E-state index contributed by atoms with van der Waals surface area (Å²) in [5.41, 5.74) is 2.97. The summed E-state index contributed by atoms with van der Waals surface area (Å²) in [5.74, 6) is 0.971. The van der Waals surface area contributed by atoms with Crippen molar-refractivity contribution in [3.8, 4) is 5.75 Å². The fraction of sp³-hybridized carbons (Fsp3) is 0.667. The number of benzene rings is 1. The summed E-state index contributed by atoms with van der Waals surface area (Å²) in [7, 11) is 1.73. The molecule has 2 nitrogen and oxygen atoms in total. The van der Waals surface area contributed by atoms with Crippen molar-refractivity contribution in [1.29, 1.82) is 0 Å². The van der Waals surface area contributed by atoms with Gasteiger partial charge in [-0.15, -0.1) is 0 Å². The summed E-state index contributed by atoms with van der Waals surface area (Å²) in [5, 5.41) is 3.68. The number of nitrogens with one attached hydrogen (secondary N) is 1. The van der Waals surface area contributed by atoms with Gasteiger partial charge < -0.3 is 10.1 Å². The van der Waals surface area contributed by atoms with Crippen molar-refractivity contribution in [2.45, 2.75) is 59.9 Å². The van der Waals surface area contributed by atoms with E-state index in [0.29, 0.717) is 11.5 Å². The van der Waals surface area contributed by atoms with Crippen molar-refractivity contribution >= 4 is 0 Å². The van der Waals surface area contributed by atoms with Crippen molar-refractivity contribution < 1.29 is 4.74 Å². The van der Waals surface area contributed by atoms with Gasteiger partial charge in [-0.3, -0.25) is 0 Å². The molecule has 1 atom stereocenters. The van der Waals surface area contributed by atoms with Crippen LogP contribution in [0.1, 0.15) is 64.1 Å². The lowest BCUT2D eigenvalue weighted by atomic mass is 9.87. The lowest BCUT2D eigenvalue weighted by Gasteiger charge is -2.25. The third-order valence-electron chi connectivity index (χ3n) is 3.65. The molecule has 0 radical (unpaired) electrons. The minimum Gasteiger partial charge on any atom is -0.496 e. The Morgan fingerprint density at radius 3 is 2.45 bits per heavy atom. The summed E-state index contributed by atoms with van der Waals surface area (Å²) in [4.78, 5) is 0. The van der Waals surface area contributed by atoms with E-state index in [9.17, 15) is 0 Å². The predicted octanol–water partition coefficient (Wildman–Crippen LogP) is 4.87. The Morgan fingerprint density at radius 1 is 1.25 bits per heavy atom. The van der Waals surface area contributed by atoms with Gasteiger partial charge in [-0.25, -0.2) is 0 Å². The molecule has 1 aromatic carbocycles. The first-order chi connectivity index (χ1) is 9.37. The first kappa shape index (κ1) is 17.0. The van der Waals surface area contributed by atoms with Crippen LogP contribution < -0.4 is 10.1 Å². The van der Waals surface area contributed by atoms with E-state index in [2.05, 4.69) is 58.1 Å². The lowest BCUT2D eigenvalue weighted by molar-refractivity contribution is 0.332. The Morgan fingerprint density at radius 2 is 1.95 bits per heavy atom. The van der Waals surface area contributed by atoms with Crippen LogP contribution in [-0.4, -0.2) is 13.7 Å². The van der Waals surface area contributed by atoms with E-state index < -0.39 is 0 Å². The molecule has 1 rings (SSSR count). The van der Waals surface area contributed by atoms with Crippen LogP contribution in [0.2, 0.25) is 0 Å². The zero-order valence-electron chi connectivity index (χ0n) is 14.0. The Balaban J connectivity index is 2.83. The van der Waals surface area contributed by atoms with E-state index in [-0.39, 0.29) is 0 Å². The monoisotopic (exact) mass is 277 g/mol. The van der Waals surface area contributed by atoms with Crippen LogP contribution in [0, 0.1) is 12.3 Å². The van der Waals surface area contributed by atoms with Crippen molar-refractivity contribution in [3.05, 3.63) is 29.3 Å². The molecule has 0 saturated carbocycles. The molecule has 114 valence electrons. The maximum Gasteiger partial charge on any atom is 0.121 e. The summed E-state index contributed by atoms with van der Waals surface area (Å²) >= 11 is 0. The Kier molecular flexibility index (Phi) is 6.54. The van der Waals surface area contributed by atoms with Crippen LogP contribution >= 0.6 is 0 Å². The van der Waals surface area contributed by atoms with Crippen molar-refractivity contribution in [3.63, 3.8) is 0 Å². The van der Waals surface area contributed by atoms with Crippen LogP contribution in [0.5, 0.6) is 5.75 Å². The minimum absolute atomic E-state index is 0.383. The highest BCUT2D eigenvalue weighted by molar-refractivity contribution is 5.37. The van der Waals surface area contributed by atoms with Gasteiger partial charge in [0.2, 0.25) is 0 Å². The summed E-state index contributed by atoms with van der Waals surface area (Å²) in [6.07, 6.45) is 3.57. The van der Waals surface area contributed by atoms with Gasteiger partial charge in [-0.1, -0.05) is 39.8 Å². The maximum atomic E-state index is 5.35. The number of hydrogen-bond donors (Lipinski definition) is 1. The molecule has 1 N–H and O–H groups in total. The third kappa shape index (κ3) is 5.54. The molecule has 1 unspecified atom stereocenters. The van der Waals surface area contributed by atoms with Crippen LogP contribution in [0.25, 0.3) is 0 Å². The van der Waals surface area contributed by atoms with Gasteiger partial charge in [0.1, 0.15) is 5.75 Å². The second-order valence-electron chi connectivity index (χ2n) is 6.84. The van der Waals surface area contributed by atoms with E-state index >= 15 is 0 Å². The maximum absolute atomic E-state index is 5.35. The molecule has 0 spiro atoms. The smallest absolute Gasteiger partial charge is 0.121 e. The van der Waals surface area contributed by atoms with Gasteiger partial charge in [-0.05, 0) is 55.3 Å². The first-order valence-corrected chi connectivity index (χ1v) is 7.75. The quantitative estimate of drug-likeness (QED) is 0.767. The zero-order valence-corrected chi connectivity index (χ0v) is 14.0. The standard InChI is InChI=1S/C18H31NO/c1-7-12-19-16(10-11-18(3,4)5)15-8-9-17(20-6)14(2)13-15/h8-9,13,16,19H,7,10-12H2,1-6H3. The highest BCUT2D eigenvalue weighted by Crippen LogP contribution is 2.29. The van der Waals surface area contributed by atoms with Crippen LogP contribution in [-0.2, 0) is 0 Å². The molecule has 20 heavy (non-hydrogen) atoms. The molecule has 1 aromatic rings. The van der Waals surface area contributed by atoms with Gasteiger partial charge in [0.25, 0.3) is 0 Å². The number of ether oxygens (including phenoxy) is 1. The molecule has 0 aliphatic carbocycles. The number of rotatable bonds is 7. The molecule has 0 saturated heterocycles. The Hall–Kier alpha value is -1.02. The van der Waals surface area contributed by atoms with Gasteiger partial charge >= 0.3 is 0 Å². The number of aryl methyl sites for hydroxylation is 1. The fourth-order valence-electron chi connectivity index (χ4n) is 2.40. The Labute approximate surface area is 124 Å². The normalized spacial score (nSPS) is 13.3. The Bertz CT molecular complexity index is 406. The largest absolute Gasteiger partial charge is 0.496 e. The predicted molar refractivity (Wildman–Crippen MR) is 87.5 cm³/mol. The number of hydrogen-bond acceptors (Lipinski definition) is 2. The van der Waals surface area contributed by atoms with Gasteiger partial charge in [0.05, 0.1) is 7.11 Å². The van der Waals surface area contributed by atoms with Gasteiger partial charge in [0, 0.05) is 6.04 Å². The van der Waals surface area contributed by atoms with Crippen LogP contribution in [0.15, 0.2) is 18.2 Å². The topological polar surface area (TPSA) is 21.3 Å². The van der Waals surface area contributed by atoms with Crippen molar-refractivity contribution in [2.75, 3.05) is 13.7 Å². The zero-order chi connectivity index (χ0) is 15.2. The SMILES string of the molecule is CCCNC(CCC(C)(C)C)c1ccc(OC)c(C)c1. The van der Waals surface area contributed by atoms with E-state index in [1.165, 1.54) is 30.4 Å². The van der Waals surface area contributed by atoms with Crippen molar-refractivity contribution in [2.24, 2.45) is 5.41 Å². The summed E-state index contributed by atoms with van der Waals surface area (Å²) < 4.78 is 5.35. The molecule has 0 amide bonds. The first-order valence-electron chi connectivity index (χ1n) is 7.75. The van der Waals surface area contributed by atoms with Crippen LogP contribution in [0.4, 0.5) is 0 Å². The number of methoxy groups -OCH3 is 1. The van der Waals surface area contributed by atoms with Crippen molar-refractivity contribution in [1.82, 2.24) is 5.32 Å². The molecule has 0 aliphatic heterocycles. The van der Waals surface area contributed by atoms with E-state index in [0.717, 1.165) is 12.3 Å². The van der Waals surface area contributed by atoms with Gasteiger partial charge in [-0.2, -0.15) is 0 Å². The average Bonchev–Trinajstić information content (AvgIpc) is 2.37. The average molecular weight is 277 g/mol.